The van der Waals surface area contributed by atoms with Crippen molar-refractivity contribution in [3.05, 3.63) is 102 Å². The van der Waals surface area contributed by atoms with Gasteiger partial charge in [-0.1, -0.05) is 71.0 Å². The van der Waals surface area contributed by atoms with Crippen LogP contribution in [0, 0.1) is 26.0 Å². The van der Waals surface area contributed by atoms with Crippen LogP contribution in [0.1, 0.15) is 62.0 Å². The minimum atomic E-state index is 0. The van der Waals surface area contributed by atoms with E-state index in [1.54, 1.807) is 6.20 Å². The van der Waals surface area contributed by atoms with Crippen molar-refractivity contribution >= 4 is 0 Å². The number of imidazole rings is 2. The fourth-order valence-corrected chi connectivity index (χ4v) is 4.88. The normalized spacial score (nSPS) is 11.2. The fourth-order valence-electron chi connectivity index (χ4n) is 4.88. The van der Waals surface area contributed by atoms with Crippen molar-refractivity contribution in [2.75, 3.05) is 0 Å². The Morgan fingerprint density at radius 1 is 0.846 bits per heavy atom. The molecule has 0 unspecified atom stereocenters. The maximum absolute atomic E-state index is 6.24. The van der Waals surface area contributed by atoms with E-state index in [-0.39, 0.29) is 21.1 Å². The van der Waals surface area contributed by atoms with Crippen molar-refractivity contribution in [3.8, 4) is 39.8 Å². The van der Waals surface area contributed by atoms with Gasteiger partial charge < -0.3 is 13.9 Å². The van der Waals surface area contributed by atoms with E-state index in [1.807, 2.05) is 49.0 Å². The molecule has 0 spiro atoms. The van der Waals surface area contributed by atoms with Crippen molar-refractivity contribution in [3.63, 3.8) is 0 Å². The molecule has 0 aliphatic heterocycles. The molecule has 0 radical (unpaired) electrons. The number of para-hydroxylation sites is 1. The van der Waals surface area contributed by atoms with Crippen molar-refractivity contribution in [2.45, 2.75) is 53.4 Å². The van der Waals surface area contributed by atoms with E-state index in [9.17, 15) is 0 Å². The average Bonchev–Trinajstić information content (AvgIpc) is 3.48. The molecule has 6 heteroatoms. The third kappa shape index (κ3) is 5.94. The number of ether oxygens (including phenoxy) is 1. The van der Waals surface area contributed by atoms with E-state index >= 15 is 0 Å². The van der Waals surface area contributed by atoms with E-state index in [1.165, 1.54) is 16.8 Å². The quantitative estimate of drug-likeness (QED) is 0.161. The molecule has 5 nitrogen and oxygen atoms in total. The summed E-state index contributed by atoms with van der Waals surface area (Å²) in [4.78, 5) is 9.39. The monoisotopic (exact) mass is 697 g/mol. The standard InChI is InChI=1S/C33H34N4O.Pt/c1-21(2)29-12-9-13-30(22(3)4)32(29)37-20-31(35-24(37)6)25-10-8-11-27(18-25)38-28-17-23(5)16-26(19-28)33-34-14-15-36(33)7;/h8-17,20-22H,1-7H3;/q-2;+2. The Hall–Kier alpha value is -3.43. The van der Waals surface area contributed by atoms with Crippen LogP contribution in [-0.4, -0.2) is 19.1 Å². The van der Waals surface area contributed by atoms with Gasteiger partial charge in [-0.15, -0.1) is 41.0 Å². The van der Waals surface area contributed by atoms with E-state index in [4.69, 9.17) is 9.72 Å². The molecule has 0 bridgehead atoms. The van der Waals surface area contributed by atoms with Crippen LogP contribution in [0.4, 0.5) is 0 Å². The summed E-state index contributed by atoms with van der Waals surface area (Å²) in [6.45, 7) is 13.1. The minimum absolute atomic E-state index is 0. The summed E-state index contributed by atoms with van der Waals surface area (Å²) in [5.74, 6) is 3.84. The number of hydrogen-bond acceptors (Lipinski definition) is 3. The molecule has 2 aromatic heterocycles. The molecule has 0 N–H and O–H groups in total. The first kappa shape index (κ1) is 28.6. The van der Waals surface area contributed by atoms with Gasteiger partial charge in [-0.05, 0) is 36.1 Å². The third-order valence-corrected chi connectivity index (χ3v) is 6.78. The Bertz CT molecular complexity index is 1570. The number of nitrogens with zero attached hydrogens (tertiary/aromatic N) is 4. The Balaban J connectivity index is 0.00000353. The molecule has 3 aromatic carbocycles. The number of rotatable bonds is 7. The summed E-state index contributed by atoms with van der Waals surface area (Å²) < 4.78 is 10.4. The molecule has 0 aliphatic rings. The van der Waals surface area contributed by atoms with Crippen LogP contribution < -0.4 is 4.74 Å². The Labute approximate surface area is 246 Å². The van der Waals surface area contributed by atoms with Crippen LogP contribution in [0.25, 0.3) is 28.3 Å². The molecule has 202 valence electrons. The van der Waals surface area contributed by atoms with Gasteiger partial charge >= 0.3 is 21.1 Å². The SMILES string of the molecule is Cc1cc(Oc2[c-]c(-c3cn(-c4c(C(C)C)cccc4C(C)C)c(C)n3)ccc2)[c-]c(-c2nccn2C)c1.[Pt+2]. The van der Waals surface area contributed by atoms with Gasteiger partial charge in [0.15, 0.2) is 0 Å². The molecule has 0 aliphatic carbocycles. The van der Waals surface area contributed by atoms with Gasteiger partial charge in [-0.25, -0.2) is 0 Å². The second-order valence-corrected chi connectivity index (χ2v) is 10.5. The van der Waals surface area contributed by atoms with E-state index in [0.717, 1.165) is 34.0 Å². The molecule has 5 aromatic rings. The van der Waals surface area contributed by atoms with Gasteiger partial charge in [0.2, 0.25) is 0 Å². The summed E-state index contributed by atoms with van der Waals surface area (Å²) in [5, 5.41) is 0. The summed E-state index contributed by atoms with van der Waals surface area (Å²) in [5.41, 5.74) is 7.59. The second-order valence-electron chi connectivity index (χ2n) is 10.5. The molecular weight excluding hydrogens is 663 g/mol. The average molecular weight is 698 g/mol. The molecule has 0 saturated carbocycles. The Morgan fingerprint density at radius 3 is 2.15 bits per heavy atom. The zero-order valence-electron chi connectivity index (χ0n) is 23.5. The first-order chi connectivity index (χ1) is 18.2. The maximum atomic E-state index is 6.24. The van der Waals surface area contributed by atoms with Crippen LogP contribution in [0.15, 0.2) is 67.1 Å². The first-order valence-electron chi connectivity index (χ1n) is 13.1. The molecule has 39 heavy (non-hydrogen) atoms. The van der Waals surface area contributed by atoms with Gasteiger partial charge in [0, 0.05) is 36.6 Å². The number of benzene rings is 3. The minimum Gasteiger partial charge on any atom is -0.497 e. The summed E-state index contributed by atoms with van der Waals surface area (Å²) in [7, 11) is 1.97. The number of aryl methyl sites for hydroxylation is 3. The van der Waals surface area contributed by atoms with Crippen molar-refractivity contribution in [1.29, 1.82) is 0 Å². The number of aromatic nitrogens is 4. The molecule has 0 fully saturated rings. The fraction of sp³-hybridized carbons (Fsp3) is 0.273. The van der Waals surface area contributed by atoms with Crippen LogP contribution in [0.3, 0.4) is 0 Å². The molecule has 0 saturated heterocycles. The van der Waals surface area contributed by atoms with Crippen LogP contribution in [0.5, 0.6) is 11.5 Å². The molecule has 5 rings (SSSR count). The predicted octanol–water partition coefficient (Wildman–Crippen LogP) is 8.19. The van der Waals surface area contributed by atoms with Gasteiger partial charge in [0.05, 0.1) is 17.3 Å². The van der Waals surface area contributed by atoms with Crippen molar-refractivity contribution in [1.82, 2.24) is 19.1 Å². The van der Waals surface area contributed by atoms with E-state index in [0.29, 0.717) is 23.3 Å². The van der Waals surface area contributed by atoms with Gasteiger partial charge in [0.1, 0.15) is 0 Å². The topological polar surface area (TPSA) is 44.9 Å². The summed E-state index contributed by atoms with van der Waals surface area (Å²) in [6, 6.07) is 23.3. The van der Waals surface area contributed by atoms with Crippen molar-refractivity contribution < 1.29 is 25.8 Å². The molecule has 0 atom stereocenters. The Morgan fingerprint density at radius 2 is 1.51 bits per heavy atom. The van der Waals surface area contributed by atoms with Crippen LogP contribution in [-0.2, 0) is 28.1 Å². The van der Waals surface area contributed by atoms with Crippen LogP contribution >= 0.6 is 0 Å². The van der Waals surface area contributed by atoms with Gasteiger partial charge in [0.25, 0.3) is 0 Å². The largest absolute Gasteiger partial charge is 2.00 e. The number of hydrogen-bond donors (Lipinski definition) is 0. The summed E-state index contributed by atoms with van der Waals surface area (Å²) in [6.07, 6.45) is 5.83. The first-order valence-corrected chi connectivity index (χ1v) is 13.1. The Kier molecular flexibility index (Phi) is 8.61. The predicted molar refractivity (Wildman–Crippen MR) is 153 cm³/mol. The zero-order chi connectivity index (χ0) is 27.0. The van der Waals surface area contributed by atoms with Gasteiger partial charge in [-0.3, -0.25) is 9.97 Å². The van der Waals surface area contributed by atoms with Gasteiger partial charge in [-0.2, -0.15) is 0 Å². The second kappa shape index (κ2) is 11.8. The smallest absolute Gasteiger partial charge is 0.497 e. The summed E-state index contributed by atoms with van der Waals surface area (Å²) >= 11 is 0. The van der Waals surface area contributed by atoms with Crippen molar-refractivity contribution in [2.24, 2.45) is 7.05 Å². The van der Waals surface area contributed by atoms with E-state index < -0.39 is 0 Å². The zero-order valence-corrected chi connectivity index (χ0v) is 25.8. The molecular formula is C33H34N4OPt. The molecule has 2 heterocycles. The van der Waals surface area contributed by atoms with E-state index in [2.05, 4.69) is 86.8 Å². The third-order valence-electron chi connectivity index (χ3n) is 6.78. The molecule has 0 amide bonds. The maximum Gasteiger partial charge on any atom is 2.00 e. The van der Waals surface area contributed by atoms with Crippen LogP contribution in [0.2, 0.25) is 0 Å².